The van der Waals surface area contributed by atoms with Gasteiger partial charge >= 0.3 is 0 Å². The summed E-state index contributed by atoms with van der Waals surface area (Å²) < 4.78 is 6.04. The number of rotatable bonds is 8. The van der Waals surface area contributed by atoms with Crippen molar-refractivity contribution in [3.8, 4) is 0 Å². The van der Waals surface area contributed by atoms with Crippen molar-refractivity contribution in [1.29, 1.82) is 0 Å². The third kappa shape index (κ3) is 3.98. The molecule has 22 heavy (non-hydrogen) atoms. The molecular formula is C21H28O. The lowest BCUT2D eigenvalue weighted by atomic mass is 9.75. The molecule has 0 aliphatic carbocycles. The van der Waals surface area contributed by atoms with Gasteiger partial charge in [0.05, 0.1) is 5.60 Å². The summed E-state index contributed by atoms with van der Waals surface area (Å²) in [4.78, 5) is 0. The van der Waals surface area contributed by atoms with Gasteiger partial charge in [-0.25, -0.2) is 0 Å². The van der Waals surface area contributed by atoms with Crippen molar-refractivity contribution >= 4 is 0 Å². The molecule has 0 aliphatic rings. The highest BCUT2D eigenvalue weighted by molar-refractivity contribution is 5.20. The zero-order chi connectivity index (χ0) is 15.8. The molecule has 2 rings (SSSR count). The normalized spacial score (nSPS) is 11.8. The second kappa shape index (κ2) is 8.14. The van der Waals surface area contributed by atoms with Crippen molar-refractivity contribution in [2.24, 2.45) is 5.92 Å². The summed E-state index contributed by atoms with van der Waals surface area (Å²) in [5, 5.41) is 0. The zero-order valence-corrected chi connectivity index (χ0v) is 14.1. The van der Waals surface area contributed by atoms with E-state index < -0.39 is 0 Å². The lowest BCUT2D eigenvalue weighted by Crippen LogP contribution is -2.41. The minimum Gasteiger partial charge on any atom is -0.378 e. The molecule has 2 aromatic rings. The van der Waals surface area contributed by atoms with Gasteiger partial charge in [0, 0.05) is 7.11 Å². The predicted octanol–water partition coefficient (Wildman–Crippen LogP) is 5.29. The van der Waals surface area contributed by atoms with E-state index in [0.717, 1.165) is 25.7 Å². The van der Waals surface area contributed by atoms with Crippen LogP contribution >= 0.6 is 0 Å². The number of benzene rings is 2. The Morgan fingerprint density at radius 2 is 1.18 bits per heavy atom. The minimum atomic E-state index is -0.0499. The second-order valence-corrected chi connectivity index (χ2v) is 6.05. The topological polar surface area (TPSA) is 9.23 Å². The lowest BCUT2D eigenvalue weighted by Gasteiger charge is -2.39. The predicted molar refractivity (Wildman–Crippen MR) is 94.1 cm³/mol. The van der Waals surface area contributed by atoms with Gasteiger partial charge in [-0.05, 0) is 42.7 Å². The Hall–Kier alpha value is -1.60. The molecule has 0 N–H and O–H groups in total. The molecule has 0 saturated carbocycles. The van der Waals surface area contributed by atoms with Crippen molar-refractivity contribution < 1.29 is 4.74 Å². The first kappa shape index (κ1) is 16.8. The molecule has 0 fully saturated rings. The zero-order valence-electron chi connectivity index (χ0n) is 14.1. The molecule has 0 aromatic heterocycles. The first-order valence-electron chi connectivity index (χ1n) is 8.37. The smallest absolute Gasteiger partial charge is 0.0707 e. The first-order chi connectivity index (χ1) is 10.7. The SMILES string of the molecule is CCC(CC)(OC)C(Cc1ccccc1)Cc1ccccc1. The fourth-order valence-corrected chi connectivity index (χ4v) is 3.52. The Kier molecular flexibility index (Phi) is 6.21. The van der Waals surface area contributed by atoms with Gasteiger partial charge in [-0.2, -0.15) is 0 Å². The van der Waals surface area contributed by atoms with E-state index in [1.54, 1.807) is 0 Å². The molecule has 0 saturated heterocycles. The fraction of sp³-hybridized carbons (Fsp3) is 0.429. The summed E-state index contributed by atoms with van der Waals surface area (Å²) >= 11 is 0. The summed E-state index contributed by atoms with van der Waals surface area (Å²) in [7, 11) is 1.87. The molecule has 0 bridgehead atoms. The highest BCUT2D eigenvalue weighted by atomic mass is 16.5. The van der Waals surface area contributed by atoms with Gasteiger partial charge in [0.25, 0.3) is 0 Å². The van der Waals surface area contributed by atoms with Crippen molar-refractivity contribution in [3.05, 3.63) is 71.8 Å². The van der Waals surface area contributed by atoms with Gasteiger partial charge in [0.1, 0.15) is 0 Å². The van der Waals surface area contributed by atoms with Crippen LogP contribution in [0.15, 0.2) is 60.7 Å². The Labute approximate surface area is 135 Å². The van der Waals surface area contributed by atoms with Gasteiger partial charge < -0.3 is 4.74 Å². The fourth-order valence-electron chi connectivity index (χ4n) is 3.52. The number of hydrogen-bond donors (Lipinski definition) is 0. The van der Waals surface area contributed by atoms with E-state index in [0.29, 0.717) is 5.92 Å². The van der Waals surface area contributed by atoms with Crippen LogP contribution in [0.3, 0.4) is 0 Å². The molecule has 0 atom stereocenters. The molecule has 0 heterocycles. The molecule has 0 spiro atoms. The largest absolute Gasteiger partial charge is 0.378 e. The average Bonchev–Trinajstić information content (AvgIpc) is 2.59. The third-order valence-electron chi connectivity index (χ3n) is 5.00. The lowest BCUT2D eigenvalue weighted by molar-refractivity contribution is -0.0647. The van der Waals surface area contributed by atoms with Gasteiger partial charge in [0.15, 0.2) is 0 Å². The first-order valence-corrected chi connectivity index (χ1v) is 8.37. The van der Waals surface area contributed by atoms with Crippen molar-refractivity contribution in [3.63, 3.8) is 0 Å². The molecule has 118 valence electrons. The molecule has 0 amide bonds. The van der Waals surface area contributed by atoms with Crippen LogP contribution in [-0.4, -0.2) is 12.7 Å². The van der Waals surface area contributed by atoms with Gasteiger partial charge in [-0.1, -0.05) is 74.5 Å². The van der Waals surface area contributed by atoms with Crippen molar-refractivity contribution in [2.45, 2.75) is 45.1 Å². The van der Waals surface area contributed by atoms with Crippen LogP contribution in [0.2, 0.25) is 0 Å². The second-order valence-electron chi connectivity index (χ2n) is 6.05. The highest BCUT2D eigenvalue weighted by Crippen LogP contribution is 2.34. The molecular weight excluding hydrogens is 268 g/mol. The van der Waals surface area contributed by atoms with Crippen LogP contribution in [0.1, 0.15) is 37.8 Å². The summed E-state index contributed by atoms with van der Waals surface area (Å²) in [5.74, 6) is 0.484. The minimum absolute atomic E-state index is 0.0499. The van der Waals surface area contributed by atoms with E-state index in [4.69, 9.17) is 4.74 Å². The van der Waals surface area contributed by atoms with E-state index in [9.17, 15) is 0 Å². The number of ether oxygens (including phenoxy) is 1. The van der Waals surface area contributed by atoms with E-state index >= 15 is 0 Å². The van der Waals surface area contributed by atoms with Gasteiger partial charge in [0.2, 0.25) is 0 Å². The molecule has 2 aromatic carbocycles. The Bertz CT molecular complexity index is 479. The van der Waals surface area contributed by atoms with Crippen LogP contribution in [0.5, 0.6) is 0 Å². The monoisotopic (exact) mass is 296 g/mol. The van der Waals surface area contributed by atoms with Crippen LogP contribution in [-0.2, 0) is 17.6 Å². The van der Waals surface area contributed by atoms with Gasteiger partial charge in [-0.3, -0.25) is 0 Å². The van der Waals surface area contributed by atoms with Crippen LogP contribution in [0.25, 0.3) is 0 Å². The van der Waals surface area contributed by atoms with E-state index in [1.807, 2.05) is 7.11 Å². The van der Waals surface area contributed by atoms with Crippen molar-refractivity contribution in [2.75, 3.05) is 7.11 Å². The quantitative estimate of drug-likeness (QED) is 0.643. The van der Waals surface area contributed by atoms with Crippen molar-refractivity contribution in [1.82, 2.24) is 0 Å². The molecule has 0 radical (unpaired) electrons. The summed E-state index contributed by atoms with van der Waals surface area (Å²) in [6.45, 7) is 4.49. The van der Waals surface area contributed by atoms with E-state index in [1.165, 1.54) is 11.1 Å². The summed E-state index contributed by atoms with van der Waals surface area (Å²) in [6, 6.07) is 21.6. The van der Waals surface area contributed by atoms with Crippen LogP contribution < -0.4 is 0 Å². The highest BCUT2D eigenvalue weighted by Gasteiger charge is 2.35. The third-order valence-corrected chi connectivity index (χ3v) is 5.00. The van der Waals surface area contributed by atoms with Crippen LogP contribution in [0.4, 0.5) is 0 Å². The molecule has 1 nitrogen and oxygen atoms in total. The standard InChI is InChI=1S/C21H28O/c1-4-21(5-2,22-3)20(16-18-12-8-6-9-13-18)17-19-14-10-7-11-15-19/h6-15,20H,4-5,16-17H2,1-3H3. The van der Waals surface area contributed by atoms with E-state index in [2.05, 4.69) is 74.5 Å². The molecule has 0 aliphatic heterocycles. The Balaban J connectivity index is 2.27. The van der Waals surface area contributed by atoms with E-state index in [-0.39, 0.29) is 5.60 Å². The maximum absolute atomic E-state index is 6.04. The average molecular weight is 296 g/mol. The number of methoxy groups -OCH3 is 1. The Morgan fingerprint density at radius 3 is 1.50 bits per heavy atom. The number of hydrogen-bond acceptors (Lipinski definition) is 1. The van der Waals surface area contributed by atoms with Crippen LogP contribution in [0, 0.1) is 5.92 Å². The maximum atomic E-state index is 6.04. The maximum Gasteiger partial charge on any atom is 0.0707 e. The summed E-state index contributed by atoms with van der Waals surface area (Å²) in [5.41, 5.74) is 2.74. The molecule has 0 unspecified atom stereocenters. The van der Waals surface area contributed by atoms with Gasteiger partial charge in [-0.15, -0.1) is 0 Å². The molecule has 1 heteroatoms. The Morgan fingerprint density at radius 1 is 0.773 bits per heavy atom. The summed E-state index contributed by atoms with van der Waals surface area (Å²) in [6.07, 6.45) is 4.21.